The lowest BCUT2D eigenvalue weighted by Gasteiger charge is -2.20. The Kier molecular flexibility index (Phi) is 2.69. The molecule has 0 fully saturated rings. The summed E-state index contributed by atoms with van der Waals surface area (Å²) in [7, 11) is 0. The number of aromatic nitrogens is 1. The lowest BCUT2D eigenvalue weighted by atomic mass is 10.1. The lowest BCUT2D eigenvalue weighted by molar-refractivity contribution is 0.172. The summed E-state index contributed by atoms with van der Waals surface area (Å²) in [5.41, 5.74) is 4.87. The van der Waals surface area contributed by atoms with Crippen molar-refractivity contribution in [1.29, 1.82) is 0 Å². The highest BCUT2D eigenvalue weighted by atomic mass is 16.6. The van der Waals surface area contributed by atoms with Crippen LogP contribution in [0.3, 0.4) is 0 Å². The summed E-state index contributed by atoms with van der Waals surface area (Å²) >= 11 is 0. The average molecular weight is 270 g/mol. The van der Waals surface area contributed by atoms with Crippen LogP contribution < -0.4 is 14.8 Å². The van der Waals surface area contributed by atoms with Crippen LogP contribution in [0.1, 0.15) is 24.6 Å². The van der Waals surface area contributed by atoms with Crippen LogP contribution in [-0.4, -0.2) is 24.7 Å². The molecule has 1 N–H and O–H groups in total. The summed E-state index contributed by atoms with van der Waals surface area (Å²) in [5, 5.41) is 4.67. The third-order valence-corrected chi connectivity index (χ3v) is 4.03. The van der Waals surface area contributed by atoms with E-state index in [1.54, 1.807) is 0 Å². The van der Waals surface area contributed by atoms with Gasteiger partial charge < -0.3 is 14.8 Å². The summed E-state index contributed by atoms with van der Waals surface area (Å²) in [5.74, 6) is 1.65. The minimum atomic E-state index is 0.615. The molecular weight excluding hydrogens is 252 g/mol. The van der Waals surface area contributed by atoms with Gasteiger partial charge in [0.25, 0.3) is 0 Å². The van der Waals surface area contributed by atoms with Crippen molar-refractivity contribution in [1.82, 2.24) is 4.98 Å². The molecule has 0 saturated carbocycles. The molecule has 4 nitrogen and oxygen atoms in total. The van der Waals surface area contributed by atoms with E-state index in [0.29, 0.717) is 13.2 Å². The number of hydrogen-bond donors (Lipinski definition) is 1. The van der Waals surface area contributed by atoms with Crippen LogP contribution >= 0.6 is 0 Å². The van der Waals surface area contributed by atoms with Gasteiger partial charge in [-0.25, -0.2) is 0 Å². The van der Waals surface area contributed by atoms with Gasteiger partial charge in [-0.3, -0.25) is 4.98 Å². The van der Waals surface area contributed by atoms with Crippen LogP contribution in [-0.2, 0) is 12.8 Å². The molecule has 0 amide bonds. The molecule has 0 bridgehead atoms. The zero-order chi connectivity index (χ0) is 13.5. The van der Waals surface area contributed by atoms with Gasteiger partial charge in [0.1, 0.15) is 13.2 Å². The highest BCUT2D eigenvalue weighted by Gasteiger charge is 2.22. The lowest BCUT2D eigenvalue weighted by Crippen LogP contribution is -2.15. The van der Waals surface area contributed by atoms with Crippen molar-refractivity contribution in [3.8, 4) is 11.5 Å². The van der Waals surface area contributed by atoms with Crippen molar-refractivity contribution >= 4 is 16.6 Å². The molecule has 1 aliphatic heterocycles. The molecule has 4 rings (SSSR count). The second kappa shape index (κ2) is 4.54. The first kappa shape index (κ1) is 11.8. The van der Waals surface area contributed by atoms with Crippen LogP contribution in [0.2, 0.25) is 0 Å². The number of rotatable bonds is 2. The maximum absolute atomic E-state index is 5.70. The summed E-state index contributed by atoms with van der Waals surface area (Å²) in [6.07, 6.45) is 3.40. The number of fused-ring (bicyclic) bond motifs is 3. The van der Waals surface area contributed by atoms with Crippen molar-refractivity contribution in [2.75, 3.05) is 25.1 Å². The molecule has 0 unspecified atom stereocenters. The zero-order valence-corrected chi connectivity index (χ0v) is 11.7. The highest BCUT2D eigenvalue weighted by Crippen LogP contribution is 2.40. The topological polar surface area (TPSA) is 43.4 Å². The number of aryl methyl sites for hydroxylation is 1. The Bertz CT molecular complexity index is 682. The molecule has 1 aromatic heterocycles. The molecule has 0 spiro atoms. The summed E-state index contributed by atoms with van der Waals surface area (Å²) in [6, 6.07) is 4.09. The van der Waals surface area contributed by atoms with E-state index in [2.05, 4.69) is 18.3 Å². The van der Waals surface area contributed by atoms with Gasteiger partial charge >= 0.3 is 0 Å². The van der Waals surface area contributed by atoms with Crippen molar-refractivity contribution in [3.05, 3.63) is 23.4 Å². The predicted octanol–water partition coefficient (Wildman–Crippen LogP) is 2.93. The molecule has 0 atom stereocenters. The molecule has 1 aromatic carbocycles. The van der Waals surface area contributed by atoms with Crippen molar-refractivity contribution in [2.45, 2.75) is 26.2 Å². The smallest absolute Gasteiger partial charge is 0.163 e. The molecule has 20 heavy (non-hydrogen) atoms. The van der Waals surface area contributed by atoms with E-state index < -0.39 is 0 Å². The number of ether oxygens (including phenoxy) is 2. The minimum absolute atomic E-state index is 0.615. The van der Waals surface area contributed by atoms with Crippen LogP contribution in [0.25, 0.3) is 10.9 Å². The van der Waals surface area contributed by atoms with E-state index in [4.69, 9.17) is 14.5 Å². The number of anilines is 1. The second-order valence-corrected chi connectivity index (χ2v) is 5.31. The number of nitrogens with zero attached hydrogens (tertiary/aromatic N) is 1. The van der Waals surface area contributed by atoms with Gasteiger partial charge in [0, 0.05) is 29.4 Å². The van der Waals surface area contributed by atoms with Gasteiger partial charge in [-0.1, -0.05) is 0 Å². The molecule has 2 aromatic rings. The Labute approximate surface area is 118 Å². The average Bonchev–Trinajstić information content (AvgIpc) is 2.93. The number of hydrogen-bond acceptors (Lipinski definition) is 4. The van der Waals surface area contributed by atoms with Gasteiger partial charge in [-0.05, 0) is 37.8 Å². The van der Waals surface area contributed by atoms with Crippen molar-refractivity contribution < 1.29 is 9.47 Å². The van der Waals surface area contributed by atoms with Gasteiger partial charge in [0.05, 0.1) is 5.52 Å². The number of nitrogens with one attached hydrogen (secondary N) is 1. The first-order chi connectivity index (χ1) is 9.86. The Morgan fingerprint density at radius 1 is 1.15 bits per heavy atom. The monoisotopic (exact) mass is 270 g/mol. The first-order valence-electron chi connectivity index (χ1n) is 7.36. The zero-order valence-electron chi connectivity index (χ0n) is 11.7. The third-order valence-electron chi connectivity index (χ3n) is 4.03. The predicted molar refractivity (Wildman–Crippen MR) is 78.9 cm³/mol. The molecule has 4 heteroatoms. The van der Waals surface area contributed by atoms with Gasteiger partial charge in [0.15, 0.2) is 11.5 Å². The van der Waals surface area contributed by atoms with E-state index >= 15 is 0 Å². The molecule has 1 aliphatic carbocycles. The fourth-order valence-electron chi connectivity index (χ4n) is 3.18. The SMILES string of the molecule is CCNc1c2c(nc3cc4c(cc13)OCCO4)CCC2. The molecule has 2 aliphatic rings. The van der Waals surface area contributed by atoms with Crippen LogP contribution in [0.15, 0.2) is 12.1 Å². The number of benzene rings is 1. The van der Waals surface area contributed by atoms with E-state index in [1.807, 2.05) is 6.07 Å². The Morgan fingerprint density at radius 2 is 1.95 bits per heavy atom. The van der Waals surface area contributed by atoms with Gasteiger partial charge in [-0.2, -0.15) is 0 Å². The van der Waals surface area contributed by atoms with Crippen molar-refractivity contribution in [3.63, 3.8) is 0 Å². The second-order valence-electron chi connectivity index (χ2n) is 5.31. The van der Waals surface area contributed by atoms with Gasteiger partial charge in [-0.15, -0.1) is 0 Å². The number of pyridine rings is 1. The highest BCUT2D eigenvalue weighted by molar-refractivity contribution is 5.96. The van der Waals surface area contributed by atoms with E-state index in [1.165, 1.54) is 23.4 Å². The standard InChI is InChI=1S/C16H18N2O2/c1-2-17-16-10-4-3-5-12(10)18-13-9-15-14(8-11(13)16)19-6-7-20-15/h8-9H,2-7H2,1H3,(H,17,18). The Balaban J connectivity index is 1.99. The molecule has 0 saturated heterocycles. The first-order valence-corrected chi connectivity index (χ1v) is 7.36. The summed E-state index contributed by atoms with van der Waals surface area (Å²) in [6.45, 7) is 4.28. The van der Waals surface area contributed by atoms with Crippen LogP contribution in [0.4, 0.5) is 5.69 Å². The normalized spacial score (nSPS) is 16.2. The fraction of sp³-hybridized carbons (Fsp3) is 0.438. The van der Waals surface area contributed by atoms with E-state index in [0.717, 1.165) is 41.8 Å². The minimum Gasteiger partial charge on any atom is -0.486 e. The summed E-state index contributed by atoms with van der Waals surface area (Å²) < 4.78 is 11.4. The van der Waals surface area contributed by atoms with Crippen LogP contribution in [0.5, 0.6) is 11.5 Å². The Hall–Kier alpha value is -1.97. The molecule has 0 radical (unpaired) electrons. The fourth-order valence-corrected chi connectivity index (χ4v) is 3.18. The molecule has 104 valence electrons. The van der Waals surface area contributed by atoms with Gasteiger partial charge in [0.2, 0.25) is 0 Å². The van der Waals surface area contributed by atoms with E-state index in [-0.39, 0.29) is 0 Å². The van der Waals surface area contributed by atoms with E-state index in [9.17, 15) is 0 Å². The summed E-state index contributed by atoms with van der Waals surface area (Å²) in [4.78, 5) is 4.83. The quantitative estimate of drug-likeness (QED) is 0.911. The molecular formula is C16H18N2O2. The molecule has 2 heterocycles. The maximum Gasteiger partial charge on any atom is 0.163 e. The maximum atomic E-state index is 5.70. The third kappa shape index (κ3) is 1.71. The largest absolute Gasteiger partial charge is 0.486 e. The van der Waals surface area contributed by atoms with Crippen LogP contribution in [0, 0.1) is 0 Å². The van der Waals surface area contributed by atoms with Crippen molar-refractivity contribution in [2.24, 2.45) is 0 Å². The Morgan fingerprint density at radius 3 is 2.75 bits per heavy atom.